The topological polar surface area (TPSA) is 55.2 Å². The van der Waals surface area contributed by atoms with Gasteiger partial charge in [0.2, 0.25) is 0 Å². The van der Waals surface area contributed by atoms with Crippen molar-refractivity contribution < 1.29 is 0 Å². The van der Waals surface area contributed by atoms with Crippen molar-refractivity contribution in [2.45, 2.75) is 19.4 Å². The van der Waals surface area contributed by atoms with E-state index in [9.17, 15) is 0 Å². The highest BCUT2D eigenvalue weighted by atomic mass is 15.3. The number of anilines is 2. The smallest absolute Gasteiger partial charge is 0.144 e. The highest BCUT2D eigenvalue weighted by Gasteiger charge is 2.17. The van der Waals surface area contributed by atoms with Crippen LogP contribution in [0.15, 0.2) is 48.7 Å². The lowest BCUT2D eigenvalue weighted by Gasteiger charge is -2.36. The van der Waals surface area contributed by atoms with Crippen molar-refractivity contribution in [3.63, 3.8) is 0 Å². The molecule has 1 aliphatic heterocycles. The fourth-order valence-electron chi connectivity index (χ4n) is 3.16. The summed E-state index contributed by atoms with van der Waals surface area (Å²) in [6.45, 7) is 7.54. The lowest BCUT2D eigenvalue weighted by molar-refractivity contribution is 0.251. The summed E-state index contributed by atoms with van der Waals surface area (Å²) >= 11 is 0. The second-order valence-electron chi connectivity index (χ2n) is 6.51. The largest absolute Gasteiger partial charge is 0.369 e. The number of hydrogen-bond donors (Lipinski definition) is 1. The first-order valence-corrected chi connectivity index (χ1v) is 8.90. The Kier molecular flexibility index (Phi) is 5.86. The summed E-state index contributed by atoms with van der Waals surface area (Å²) in [4.78, 5) is 9.24. The molecule has 3 rings (SSSR count). The molecule has 0 aliphatic carbocycles. The maximum Gasteiger partial charge on any atom is 0.144 e. The number of piperazine rings is 1. The van der Waals surface area contributed by atoms with Crippen LogP contribution in [0.3, 0.4) is 0 Å². The summed E-state index contributed by atoms with van der Waals surface area (Å²) < 4.78 is 0. The molecule has 0 bridgehead atoms. The molecule has 5 heteroatoms. The van der Waals surface area contributed by atoms with Gasteiger partial charge < -0.3 is 10.2 Å². The molecular weight excluding hydrogens is 310 g/mol. The van der Waals surface area contributed by atoms with Gasteiger partial charge in [-0.1, -0.05) is 18.2 Å². The number of para-hydroxylation sites is 1. The second-order valence-corrected chi connectivity index (χ2v) is 6.51. The van der Waals surface area contributed by atoms with Gasteiger partial charge in [0.25, 0.3) is 0 Å². The van der Waals surface area contributed by atoms with Crippen LogP contribution in [0.4, 0.5) is 11.5 Å². The zero-order valence-corrected chi connectivity index (χ0v) is 14.7. The summed E-state index contributed by atoms with van der Waals surface area (Å²) in [7, 11) is 0. The first-order chi connectivity index (χ1) is 12.3. The number of hydrogen-bond acceptors (Lipinski definition) is 5. The van der Waals surface area contributed by atoms with Gasteiger partial charge >= 0.3 is 0 Å². The number of nitrogens with one attached hydrogen (secondary N) is 1. The Bertz CT molecular complexity index is 702. The molecule has 0 radical (unpaired) electrons. The molecule has 0 amide bonds. The molecular formula is C20H25N5. The van der Waals surface area contributed by atoms with Gasteiger partial charge in [0, 0.05) is 50.6 Å². The lowest BCUT2D eigenvalue weighted by Crippen LogP contribution is -2.47. The minimum Gasteiger partial charge on any atom is -0.369 e. The number of aromatic nitrogens is 1. The third-order valence-electron chi connectivity index (χ3n) is 4.68. The van der Waals surface area contributed by atoms with Crippen LogP contribution < -0.4 is 10.2 Å². The summed E-state index contributed by atoms with van der Waals surface area (Å²) in [5, 5.41) is 12.5. The van der Waals surface area contributed by atoms with E-state index in [1.54, 1.807) is 18.3 Å². The van der Waals surface area contributed by atoms with Gasteiger partial charge in [-0.2, -0.15) is 5.26 Å². The van der Waals surface area contributed by atoms with Gasteiger partial charge in [0.05, 0.1) is 5.56 Å². The Morgan fingerprint density at radius 2 is 1.88 bits per heavy atom. The van der Waals surface area contributed by atoms with Crippen LogP contribution in [-0.2, 0) is 0 Å². The Morgan fingerprint density at radius 1 is 1.12 bits per heavy atom. The Morgan fingerprint density at radius 3 is 2.60 bits per heavy atom. The summed E-state index contributed by atoms with van der Waals surface area (Å²) in [6.07, 6.45) is 2.76. The third kappa shape index (κ3) is 4.71. The van der Waals surface area contributed by atoms with Gasteiger partial charge in [0.1, 0.15) is 11.9 Å². The normalized spacial score (nSPS) is 16.2. The van der Waals surface area contributed by atoms with Gasteiger partial charge in [-0.15, -0.1) is 0 Å². The van der Waals surface area contributed by atoms with Crippen molar-refractivity contribution >= 4 is 11.5 Å². The monoisotopic (exact) mass is 335 g/mol. The Hall–Kier alpha value is -2.58. The van der Waals surface area contributed by atoms with E-state index in [1.807, 2.05) is 0 Å². The first-order valence-electron chi connectivity index (χ1n) is 8.90. The van der Waals surface area contributed by atoms with E-state index in [2.05, 4.69) is 63.4 Å². The second kappa shape index (κ2) is 8.50. The van der Waals surface area contributed by atoms with Crippen LogP contribution in [0.25, 0.3) is 0 Å². The van der Waals surface area contributed by atoms with Crippen molar-refractivity contribution in [3.8, 4) is 6.07 Å². The molecule has 1 aromatic carbocycles. The molecule has 0 unspecified atom stereocenters. The lowest BCUT2D eigenvalue weighted by atomic mass is 10.2. The quantitative estimate of drug-likeness (QED) is 0.879. The van der Waals surface area contributed by atoms with Crippen molar-refractivity contribution in [2.24, 2.45) is 0 Å². The van der Waals surface area contributed by atoms with Gasteiger partial charge in [-0.25, -0.2) is 4.98 Å². The zero-order valence-electron chi connectivity index (χ0n) is 14.7. The molecule has 1 atom stereocenters. The third-order valence-corrected chi connectivity index (χ3v) is 4.68. The highest BCUT2D eigenvalue weighted by molar-refractivity contribution is 5.51. The number of nitrogens with zero attached hydrogens (tertiary/aromatic N) is 4. The van der Waals surface area contributed by atoms with E-state index in [0.717, 1.165) is 39.1 Å². The Balaban J connectivity index is 1.43. The first kappa shape index (κ1) is 17.2. The molecule has 1 aromatic heterocycles. The van der Waals surface area contributed by atoms with Crippen molar-refractivity contribution in [3.05, 3.63) is 54.2 Å². The van der Waals surface area contributed by atoms with Crippen LogP contribution >= 0.6 is 0 Å². The molecule has 0 saturated carbocycles. The van der Waals surface area contributed by atoms with Crippen molar-refractivity contribution in [2.75, 3.05) is 42.9 Å². The molecule has 25 heavy (non-hydrogen) atoms. The average molecular weight is 335 g/mol. The van der Waals surface area contributed by atoms with Gasteiger partial charge in [-0.05, 0) is 37.6 Å². The minimum atomic E-state index is 0.286. The molecule has 5 nitrogen and oxygen atoms in total. The van der Waals surface area contributed by atoms with E-state index in [0.29, 0.717) is 11.4 Å². The van der Waals surface area contributed by atoms with Crippen LogP contribution in [0.1, 0.15) is 18.9 Å². The molecule has 130 valence electrons. The van der Waals surface area contributed by atoms with Crippen LogP contribution in [0.2, 0.25) is 0 Å². The van der Waals surface area contributed by atoms with Crippen LogP contribution in [-0.4, -0.2) is 48.6 Å². The predicted molar refractivity (Wildman–Crippen MR) is 102 cm³/mol. The van der Waals surface area contributed by atoms with Crippen LogP contribution in [0, 0.1) is 11.3 Å². The summed E-state index contributed by atoms with van der Waals surface area (Å²) in [6, 6.07) is 16.7. The summed E-state index contributed by atoms with van der Waals surface area (Å²) in [5.41, 5.74) is 1.92. The highest BCUT2D eigenvalue weighted by Crippen LogP contribution is 2.16. The van der Waals surface area contributed by atoms with Crippen molar-refractivity contribution in [1.82, 2.24) is 9.88 Å². The van der Waals surface area contributed by atoms with E-state index in [4.69, 9.17) is 5.26 Å². The minimum absolute atomic E-state index is 0.286. The fraction of sp³-hybridized carbons (Fsp3) is 0.400. The standard InChI is InChI=1S/C20H25N5/c1-17(23-20-18(16-21)6-5-10-22-20)9-11-24-12-14-25(15-13-24)19-7-3-2-4-8-19/h2-8,10,17H,9,11-15H2,1H3,(H,22,23)/t17-/m1/s1. The number of pyridine rings is 1. The van der Waals surface area contributed by atoms with E-state index < -0.39 is 0 Å². The van der Waals surface area contributed by atoms with E-state index in [1.165, 1.54) is 5.69 Å². The van der Waals surface area contributed by atoms with Crippen molar-refractivity contribution in [1.29, 1.82) is 5.26 Å². The molecule has 1 aliphatic rings. The van der Waals surface area contributed by atoms with Gasteiger partial charge in [0.15, 0.2) is 0 Å². The molecule has 1 saturated heterocycles. The number of nitriles is 1. The van der Waals surface area contributed by atoms with E-state index in [-0.39, 0.29) is 6.04 Å². The predicted octanol–water partition coefficient (Wildman–Crippen LogP) is 2.97. The molecule has 2 heterocycles. The zero-order chi connectivity index (χ0) is 17.5. The molecule has 1 N–H and O–H groups in total. The average Bonchev–Trinajstić information content (AvgIpc) is 2.68. The SMILES string of the molecule is C[C@H](CCN1CCN(c2ccccc2)CC1)Nc1ncccc1C#N. The van der Waals surface area contributed by atoms with Crippen LogP contribution in [0.5, 0.6) is 0 Å². The molecule has 1 fully saturated rings. The summed E-state index contributed by atoms with van der Waals surface area (Å²) in [5.74, 6) is 0.686. The fourth-order valence-corrected chi connectivity index (χ4v) is 3.16. The van der Waals surface area contributed by atoms with Gasteiger partial charge in [-0.3, -0.25) is 4.90 Å². The Labute approximate surface area is 149 Å². The molecule has 2 aromatic rings. The number of rotatable bonds is 6. The number of benzene rings is 1. The molecule has 0 spiro atoms. The maximum atomic E-state index is 9.14. The maximum absolute atomic E-state index is 9.14. The van der Waals surface area contributed by atoms with E-state index >= 15 is 0 Å².